The van der Waals surface area contributed by atoms with Crippen molar-refractivity contribution in [1.29, 1.82) is 0 Å². The van der Waals surface area contributed by atoms with Crippen LogP contribution in [0.1, 0.15) is 27.2 Å². The minimum atomic E-state index is -2.96. The van der Waals surface area contributed by atoms with Crippen molar-refractivity contribution in [1.82, 2.24) is 5.32 Å². The zero-order valence-electron chi connectivity index (χ0n) is 7.66. The summed E-state index contributed by atoms with van der Waals surface area (Å²) in [6.45, 7) is 5.92. The number of alkyl halides is 2. The summed E-state index contributed by atoms with van der Waals surface area (Å²) in [5, 5.41) is 2.91. The molecule has 0 aromatic rings. The molecule has 0 amide bonds. The molecule has 1 fully saturated rings. The first kappa shape index (κ1) is 9.86. The summed E-state index contributed by atoms with van der Waals surface area (Å²) in [6, 6.07) is 0. The highest BCUT2D eigenvalue weighted by molar-refractivity contribution is 4.78. The average Bonchev–Trinajstić information content (AvgIpc) is 1.83. The van der Waals surface area contributed by atoms with Crippen molar-refractivity contribution in [3.63, 3.8) is 0 Å². The van der Waals surface area contributed by atoms with E-state index in [9.17, 15) is 8.78 Å². The van der Waals surface area contributed by atoms with E-state index in [1.807, 2.05) is 20.8 Å². The third-order valence-corrected chi connectivity index (χ3v) is 1.82. The van der Waals surface area contributed by atoms with Crippen LogP contribution in [0.25, 0.3) is 0 Å². The number of nitrogens with one attached hydrogen (secondary N) is 1. The second-order valence-electron chi connectivity index (χ2n) is 4.21. The highest BCUT2D eigenvalue weighted by atomic mass is 19.3. The van der Waals surface area contributed by atoms with Crippen molar-refractivity contribution in [2.24, 2.45) is 5.41 Å². The quantitative estimate of drug-likeness (QED) is 0.613. The van der Waals surface area contributed by atoms with Crippen LogP contribution in [0, 0.1) is 5.41 Å². The third-order valence-electron chi connectivity index (χ3n) is 1.82. The summed E-state index contributed by atoms with van der Waals surface area (Å²) in [6.07, 6.45) is -3.75. The maximum atomic E-state index is 12.7. The zero-order valence-corrected chi connectivity index (χ0v) is 7.66. The summed E-state index contributed by atoms with van der Waals surface area (Å²) < 4.78 is 30.0. The lowest BCUT2D eigenvalue weighted by Crippen LogP contribution is -2.52. The van der Waals surface area contributed by atoms with Crippen molar-refractivity contribution in [3.05, 3.63) is 0 Å². The fourth-order valence-electron chi connectivity index (χ4n) is 1.10. The van der Waals surface area contributed by atoms with Gasteiger partial charge in [-0.05, 0) is 0 Å². The van der Waals surface area contributed by atoms with Gasteiger partial charge in [-0.2, -0.15) is 8.78 Å². The predicted octanol–water partition coefficient (Wildman–Crippen LogP) is 1.96. The first-order valence-electron chi connectivity index (χ1n) is 4.10. The minimum Gasteiger partial charge on any atom is -0.301 e. The fourth-order valence-corrected chi connectivity index (χ4v) is 1.10. The van der Waals surface area contributed by atoms with Crippen LogP contribution in [0.5, 0.6) is 0 Å². The molecular formula is C8H15F2NO. The molecule has 1 atom stereocenters. The first-order valence-corrected chi connectivity index (χ1v) is 4.10. The van der Waals surface area contributed by atoms with Gasteiger partial charge in [0.15, 0.2) is 0 Å². The summed E-state index contributed by atoms with van der Waals surface area (Å²) in [7, 11) is 0. The van der Waals surface area contributed by atoms with Crippen LogP contribution in [-0.2, 0) is 4.74 Å². The molecule has 1 unspecified atom stereocenters. The van der Waals surface area contributed by atoms with E-state index in [1.54, 1.807) is 0 Å². The minimum absolute atomic E-state index is 0.237. The van der Waals surface area contributed by atoms with E-state index in [4.69, 9.17) is 0 Å². The molecule has 0 aromatic heterocycles. The SMILES string of the molecule is CC(C)(C)C1NCCC(F)(F)O1. The lowest BCUT2D eigenvalue weighted by Gasteiger charge is -2.38. The molecule has 12 heavy (non-hydrogen) atoms. The topological polar surface area (TPSA) is 21.3 Å². The molecule has 0 aromatic carbocycles. The van der Waals surface area contributed by atoms with E-state index in [0.717, 1.165) is 0 Å². The molecule has 1 saturated heterocycles. The van der Waals surface area contributed by atoms with E-state index in [2.05, 4.69) is 10.1 Å². The Labute approximate surface area is 71.3 Å². The Bertz CT molecular complexity index is 162. The maximum absolute atomic E-state index is 12.7. The number of ether oxygens (including phenoxy) is 1. The van der Waals surface area contributed by atoms with Crippen molar-refractivity contribution in [2.45, 2.75) is 39.5 Å². The number of rotatable bonds is 0. The summed E-state index contributed by atoms with van der Waals surface area (Å²) in [4.78, 5) is 0. The van der Waals surface area contributed by atoms with Crippen LogP contribution in [0.15, 0.2) is 0 Å². The Hall–Kier alpha value is -0.220. The van der Waals surface area contributed by atoms with Gasteiger partial charge in [0.1, 0.15) is 6.23 Å². The Morgan fingerprint density at radius 2 is 2.00 bits per heavy atom. The van der Waals surface area contributed by atoms with Crippen LogP contribution in [0.2, 0.25) is 0 Å². The van der Waals surface area contributed by atoms with Crippen molar-refractivity contribution in [2.75, 3.05) is 6.54 Å². The highest BCUT2D eigenvalue weighted by Gasteiger charge is 2.41. The van der Waals surface area contributed by atoms with Crippen LogP contribution in [0.3, 0.4) is 0 Å². The van der Waals surface area contributed by atoms with Crippen LogP contribution in [0.4, 0.5) is 8.78 Å². The van der Waals surface area contributed by atoms with Gasteiger partial charge in [-0.3, -0.25) is 5.32 Å². The molecule has 1 heterocycles. The lowest BCUT2D eigenvalue weighted by molar-refractivity contribution is -0.304. The van der Waals surface area contributed by atoms with E-state index < -0.39 is 12.3 Å². The second-order valence-corrected chi connectivity index (χ2v) is 4.21. The zero-order chi connectivity index (χ0) is 9.41. The number of halogens is 2. The van der Waals surface area contributed by atoms with E-state index >= 15 is 0 Å². The van der Waals surface area contributed by atoms with Crippen molar-refractivity contribution in [3.8, 4) is 0 Å². The Morgan fingerprint density at radius 1 is 1.42 bits per heavy atom. The largest absolute Gasteiger partial charge is 0.358 e. The molecule has 2 nitrogen and oxygen atoms in total. The van der Waals surface area contributed by atoms with E-state index in [1.165, 1.54) is 0 Å². The Kier molecular flexibility index (Phi) is 2.40. The number of hydrogen-bond donors (Lipinski definition) is 1. The van der Waals surface area contributed by atoms with Gasteiger partial charge in [-0.15, -0.1) is 0 Å². The van der Waals surface area contributed by atoms with Gasteiger partial charge in [0, 0.05) is 12.0 Å². The highest BCUT2D eigenvalue weighted by Crippen LogP contribution is 2.31. The molecule has 1 N–H and O–H groups in total. The van der Waals surface area contributed by atoms with Gasteiger partial charge >= 0.3 is 6.11 Å². The van der Waals surface area contributed by atoms with Crippen molar-refractivity contribution >= 4 is 0 Å². The second kappa shape index (κ2) is 2.92. The van der Waals surface area contributed by atoms with Crippen LogP contribution in [-0.4, -0.2) is 18.9 Å². The Balaban J connectivity index is 2.58. The lowest BCUT2D eigenvalue weighted by atomic mass is 9.93. The van der Waals surface area contributed by atoms with Gasteiger partial charge in [0.25, 0.3) is 0 Å². The maximum Gasteiger partial charge on any atom is 0.358 e. The fraction of sp³-hybridized carbons (Fsp3) is 1.00. The van der Waals surface area contributed by atoms with Gasteiger partial charge in [-0.1, -0.05) is 20.8 Å². The summed E-state index contributed by atoms with van der Waals surface area (Å²) in [5.41, 5.74) is -0.288. The van der Waals surface area contributed by atoms with Gasteiger partial charge in [0.05, 0.1) is 6.42 Å². The molecule has 0 saturated carbocycles. The molecule has 1 aliphatic heterocycles. The van der Waals surface area contributed by atoms with Gasteiger partial charge in [-0.25, -0.2) is 0 Å². The standard InChI is InChI=1S/C8H15F2NO/c1-7(2,3)6-11-5-4-8(9,10)12-6/h6,11H,4-5H2,1-3H3. The third kappa shape index (κ3) is 2.38. The first-order chi connectivity index (χ1) is 5.31. The van der Waals surface area contributed by atoms with E-state index in [0.29, 0.717) is 6.54 Å². The average molecular weight is 179 g/mol. The predicted molar refractivity (Wildman–Crippen MR) is 41.9 cm³/mol. The van der Waals surface area contributed by atoms with Crippen LogP contribution >= 0.6 is 0 Å². The Morgan fingerprint density at radius 3 is 2.33 bits per heavy atom. The molecule has 4 heteroatoms. The van der Waals surface area contributed by atoms with Gasteiger partial charge < -0.3 is 4.74 Å². The molecule has 72 valence electrons. The molecule has 0 bridgehead atoms. The molecule has 0 aliphatic carbocycles. The molecule has 0 spiro atoms. The van der Waals surface area contributed by atoms with Crippen molar-refractivity contribution < 1.29 is 13.5 Å². The summed E-state index contributed by atoms with van der Waals surface area (Å²) >= 11 is 0. The smallest absolute Gasteiger partial charge is 0.301 e. The molecule has 1 aliphatic rings. The van der Waals surface area contributed by atoms with Gasteiger partial charge in [0.2, 0.25) is 0 Å². The molecular weight excluding hydrogens is 164 g/mol. The molecule has 1 rings (SSSR count). The summed E-state index contributed by atoms with van der Waals surface area (Å²) in [5.74, 6) is 0. The normalized spacial score (nSPS) is 30.2. The van der Waals surface area contributed by atoms with E-state index in [-0.39, 0.29) is 11.8 Å². The van der Waals surface area contributed by atoms with Crippen LogP contribution < -0.4 is 5.32 Å². The molecule has 0 radical (unpaired) electrons. The monoisotopic (exact) mass is 179 g/mol. The number of hydrogen-bond acceptors (Lipinski definition) is 2.